The number of nitrogens with zero attached hydrogens (tertiary/aromatic N) is 1. The smallest absolute Gasteiger partial charge is 0.337 e. The monoisotopic (exact) mass is 235 g/mol. The zero-order valence-electron chi connectivity index (χ0n) is 8.70. The lowest BCUT2D eigenvalue weighted by Crippen LogP contribution is -2.01. The molecule has 0 saturated heterocycles. The molecule has 0 saturated carbocycles. The number of aromatic nitrogens is 1. The Balaban J connectivity index is 2.93. The summed E-state index contributed by atoms with van der Waals surface area (Å²) in [5, 5.41) is 10.8. The molecule has 16 heavy (non-hydrogen) atoms. The van der Waals surface area contributed by atoms with Crippen molar-refractivity contribution >= 4 is 28.3 Å². The van der Waals surface area contributed by atoms with E-state index in [0.29, 0.717) is 15.9 Å². The molecule has 0 amide bonds. The Morgan fingerprint density at radius 1 is 1.50 bits per heavy atom. The third-order valence-electron chi connectivity index (χ3n) is 2.56. The standard InChI is InChI=1S/C12H10ClNO2/c1-2-7-4-3-5-8-10(7)9(12(15)16)6-14-11(8)13/h3-6H,2H2,1H3,(H,15,16). The maximum absolute atomic E-state index is 11.1. The number of rotatable bonds is 2. The van der Waals surface area contributed by atoms with Crippen LogP contribution in [0.1, 0.15) is 22.8 Å². The molecule has 0 aliphatic heterocycles. The first-order valence-corrected chi connectivity index (χ1v) is 5.32. The lowest BCUT2D eigenvalue weighted by atomic mass is 10.0. The molecule has 0 atom stereocenters. The third-order valence-corrected chi connectivity index (χ3v) is 2.86. The van der Waals surface area contributed by atoms with E-state index in [1.54, 1.807) is 6.07 Å². The van der Waals surface area contributed by atoms with Gasteiger partial charge in [-0.05, 0) is 12.0 Å². The number of halogens is 1. The first kappa shape index (κ1) is 10.9. The summed E-state index contributed by atoms with van der Waals surface area (Å²) in [7, 11) is 0. The summed E-state index contributed by atoms with van der Waals surface area (Å²) >= 11 is 5.96. The number of hydrogen-bond donors (Lipinski definition) is 1. The number of fused-ring (bicyclic) bond motifs is 1. The molecule has 82 valence electrons. The minimum Gasteiger partial charge on any atom is -0.478 e. The molecule has 1 aromatic carbocycles. The van der Waals surface area contributed by atoms with Gasteiger partial charge in [-0.1, -0.05) is 36.7 Å². The van der Waals surface area contributed by atoms with Crippen LogP contribution < -0.4 is 0 Å². The van der Waals surface area contributed by atoms with Gasteiger partial charge >= 0.3 is 5.97 Å². The van der Waals surface area contributed by atoms with Crippen LogP contribution >= 0.6 is 11.6 Å². The maximum Gasteiger partial charge on any atom is 0.337 e. The van der Waals surface area contributed by atoms with E-state index in [2.05, 4.69) is 4.98 Å². The minimum absolute atomic E-state index is 0.205. The molecule has 2 rings (SSSR count). The van der Waals surface area contributed by atoms with Gasteiger partial charge in [0.1, 0.15) is 5.15 Å². The van der Waals surface area contributed by atoms with Crippen molar-refractivity contribution in [2.75, 3.05) is 0 Å². The highest BCUT2D eigenvalue weighted by molar-refractivity contribution is 6.34. The molecule has 0 aliphatic carbocycles. The number of carboxylic acid groups (broad SMARTS) is 1. The second-order valence-corrected chi connectivity index (χ2v) is 3.82. The van der Waals surface area contributed by atoms with Gasteiger partial charge in [0.15, 0.2) is 0 Å². The van der Waals surface area contributed by atoms with Gasteiger partial charge in [0.25, 0.3) is 0 Å². The van der Waals surface area contributed by atoms with E-state index in [-0.39, 0.29) is 5.56 Å². The Kier molecular flexibility index (Phi) is 2.79. The van der Waals surface area contributed by atoms with Crippen molar-refractivity contribution in [2.24, 2.45) is 0 Å². The molecule has 4 heteroatoms. The van der Waals surface area contributed by atoms with E-state index in [4.69, 9.17) is 16.7 Å². The zero-order valence-corrected chi connectivity index (χ0v) is 9.45. The minimum atomic E-state index is -0.977. The van der Waals surface area contributed by atoms with E-state index in [1.165, 1.54) is 6.20 Å². The molecule has 0 aliphatic rings. The summed E-state index contributed by atoms with van der Waals surface area (Å²) < 4.78 is 0. The van der Waals surface area contributed by atoms with Gasteiger partial charge in [-0.2, -0.15) is 0 Å². The average Bonchev–Trinajstić information content (AvgIpc) is 2.28. The lowest BCUT2D eigenvalue weighted by Gasteiger charge is -2.08. The van der Waals surface area contributed by atoms with Gasteiger partial charge in [-0.15, -0.1) is 0 Å². The Hall–Kier alpha value is -1.61. The van der Waals surface area contributed by atoms with Crippen LogP contribution in [0.25, 0.3) is 10.8 Å². The fraction of sp³-hybridized carbons (Fsp3) is 0.167. The zero-order chi connectivity index (χ0) is 11.7. The Bertz CT molecular complexity index is 566. The number of hydrogen-bond acceptors (Lipinski definition) is 2. The number of carboxylic acids is 1. The number of benzene rings is 1. The van der Waals surface area contributed by atoms with Crippen LogP contribution in [0.2, 0.25) is 5.15 Å². The van der Waals surface area contributed by atoms with Crippen molar-refractivity contribution in [2.45, 2.75) is 13.3 Å². The van der Waals surface area contributed by atoms with Gasteiger partial charge < -0.3 is 5.11 Å². The van der Waals surface area contributed by atoms with E-state index in [0.717, 1.165) is 12.0 Å². The van der Waals surface area contributed by atoms with Gasteiger partial charge in [0.05, 0.1) is 5.56 Å². The molecule has 0 spiro atoms. The Morgan fingerprint density at radius 2 is 2.25 bits per heavy atom. The normalized spacial score (nSPS) is 10.6. The predicted octanol–water partition coefficient (Wildman–Crippen LogP) is 3.15. The number of aryl methyl sites for hydroxylation is 1. The van der Waals surface area contributed by atoms with Gasteiger partial charge in [-0.25, -0.2) is 9.78 Å². The van der Waals surface area contributed by atoms with Crippen molar-refractivity contribution in [3.63, 3.8) is 0 Å². The SMILES string of the molecule is CCc1cccc2c(Cl)ncc(C(=O)O)c12. The molecule has 3 nitrogen and oxygen atoms in total. The van der Waals surface area contributed by atoms with Crippen molar-refractivity contribution in [1.82, 2.24) is 4.98 Å². The number of carbonyl (C=O) groups is 1. The molecular formula is C12H10ClNO2. The van der Waals surface area contributed by atoms with Crippen LogP contribution in [0, 0.1) is 0 Å². The van der Waals surface area contributed by atoms with E-state index in [9.17, 15) is 4.79 Å². The Labute approximate surface area is 97.7 Å². The lowest BCUT2D eigenvalue weighted by molar-refractivity contribution is 0.0698. The average molecular weight is 236 g/mol. The summed E-state index contributed by atoms with van der Waals surface area (Å²) in [6, 6.07) is 5.56. The molecule has 0 bridgehead atoms. The van der Waals surface area contributed by atoms with Crippen molar-refractivity contribution in [1.29, 1.82) is 0 Å². The summed E-state index contributed by atoms with van der Waals surface area (Å²) in [5.74, 6) is -0.977. The first-order valence-electron chi connectivity index (χ1n) is 4.94. The van der Waals surface area contributed by atoms with Crippen LogP contribution in [-0.2, 0) is 6.42 Å². The van der Waals surface area contributed by atoms with Crippen molar-refractivity contribution < 1.29 is 9.90 Å². The summed E-state index contributed by atoms with van der Waals surface area (Å²) in [6.45, 7) is 1.98. The molecule has 2 aromatic rings. The van der Waals surface area contributed by atoms with Crippen LogP contribution in [0.4, 0.5) is 0 Å². The number of aromatic carboxylic acids is 1. The highest BCUT2D eigenvalue weighted by atomic mass is 35.5. The second kappa shape index (κ2) is 4.10. The van der Waals surface area contributed by atoms with Gasteiger partial charge in [0.2, 0.25) is 0 Å². The third kappa shape index (κ3) is 1.63. The highest BCUT2D eigenvalue weighted by Gasteiger charge is 2.14. The van der Waals surface area contributed by atoms with Crippen LogP contribution in [0.15, 0.2) is 24.4 Å². The van der Waals surface area contributed by atoms with Gasteiger partial charge in [0, 0.05) is 17.0 Å². The summed E-state index contributed by atoms with van der Waals surface area (Å²) in [4.78, 5) is 15.0. The van der Waals surface area contributed by atoms with Crippen LogP contribution in [0.3, 0.4) is 0 Å². The molecule has 0 radical (unpaired) electrons. The topological polar surface area (TPSA) is 50.2 Å². The van der Waals surface area contributed by atoms with Crippen LogP contribution in [-0.4, -0.2) is 16.1 Å². The van der Waals surface area contributed by atoms with Crippen molar-refractivity contribution in [3.8, 4) is 0 Å². The molecule has 1 heterocycles. The summed E-state index contributed by atoms with van der Waals surface area (Å²) in [5.41, 5.74) is 1.18. The molecule has 0 fully saturated rings. The molecule has 1 N–H and O–H groups in total. The van der Waals surface area contributed by atoms with E-state index < -0.39 is 5.97 Å². The van der Waals surface area contributed by atoms with E-state index >= 15 is 0 Å². The summed E-state index contributed by atoms with van der Waals surface area (Å²) in [6.07, 6.45) is 2.07. The maximum atomic E-state index is 11.1. The van der Waals surface area contributed by atoms with Crippen molar-refractivity contribution in [3.05, 3.63) is 40.7 Å². The highest BCUT2D eigenvalue weighted by Crippen LogP contribution is 2.27. The fourth-order valence-corrected chi connectivity index (χ4v) is 2.01. The number of pyridine rings is 1. The largest absolute Gasteiger partial charge is 0.478 e. The van der Waals surface area contributed by atoms with Gasteiger partial charge in [-0.3, -0.25) is 0 Å². The van der Waals surface area contributed by atoms with E-state index in [1.807, 2.05) is 19.1 Å². The molecule has 0 unspecified atom stereocenters. The predicted molar refractivity (Wildman–Crippen MR) is 63.1 cm³/mol. The fourth-order valence-electron chi connectivity index (χ4n) is 1.80. The molecular weight excluding hydrogens is 226 g/mol. The Morgan fingerprint density at radius 3 is 2.88 bits per heavy atom. The molecule has 1 aromatic heterocycles. The first-order chi connectivity index (χ1) is 7.65. The van der Waals surface area contributed by atoms with Crippen LogP contribution in [0.5, 0.6) is 0 Å². The second-order valence-electron chi connectivity index (χ2n) is 3.46. The quantitative estimate of drug-likeness (QED) is 0.814.